The van der Waals surface area contributed by atoms with Gasteiger partial charge in [0.05, 0.1) is 12.2 Å². The quantitative estimate of drug-likeness (QED) is 0.687. The highest BCUT2D eigenvalue weighted by Gasteiger charge is 2.19. The Bertz CT molecular complexity index is 1120. The molecule has 2 aromatic heterocycles. The largest absolute Gasteiger partial charge is 0.268 e. The molecular weight excluding hydrogens is 378 g/mol. The molecule has 10 heteroatoms. The molecule has 0 bridgehead atoms. The van der Waals surface area contributed by atoms with Crippen LogP contribution < -0.4 is 10.3 Å². The maximum Gasteiger partial charge on any atom is 0.266 e. The van der Waals surface area contributed by atoms with Crippen molar-refractivity contribution in [2.75, 3.05) is 6.54 Å². The summed E-state index contributed by atoms with van der Waals surface area (Å²) in [6.07, 6.45) is 3.16. The molecule has 0 aliphatic rings. The van der Waals surface area contributed by atoms with Crippen LogP contribution in [0.4, 0.5) is 8.78 Å². The van der Waals surface area contributed by atoms with Crippen molar-refractivity contribution in [3.05, 3.63) is 76.8 Å². The molecule has 7 nitrogen and oxygen atoms in total. The molecule has 0 radical (unpaired) electrons. The smallest absolute Gasteiger partial charge is 0.266 e. The van der Waals surface area contributed by atoms with E-state index in [-0.39, 0.29) is 13.1 Å². The first-order valence-corrected chi connectivity index (χ1v) is 9.28. The molecule has 3 rings (SSSR count). The minimum atomic E-state index is -4.20. The van der Waals surface area contributed by atoms with E-state index in [1.807, 2.05) is 0 Å². The second-order valence-electron chi connectivity index (χ2n) is 5.49. The molecule has 2 heterocycles. The lowest BCUT2D eigenvalue weighted by molar-refractivity contribution is 0.531. The van der Waals surface area contributed by atoms with E-state index >= 15 is 0 Å². The maximum absolute atomic E-state index is 13.7. The number of sulfonamides is 1. The van der Waals surface area contributed by atoms with Crippen LogP contribution in [0.2, 0.25) is 0 Å². The fraction of sp³-hybridized carbons (Fsp3) is 0.118. The lowest BCUT2D eigenvalue weighted by Crippen LogP contribution is -2.32. The van der Waals surface area contributed by atoms with Crippen molar-refractivity contribution in [3.8, 4) is 11.3 Å². The molecule has 0 saturated carbocycles. The maximum atomic E-state index is 13.7. The fourth-order valence-electron chi connectivity index (χ4n) is 2.34. The zero-order valence-corrected chi connectivity index (χ0v) is 14.7. The molecule has 0 unspecified atom stereocenters. The molecule has 0 saturated heterocycles. The Hall–Kier alpha value is -2.98. The van der Waals surface area contributed by atoms with Gasteiger partial charge >= 0.3 is 0 Å². The molecule has 0 amide bonds. The summed E-state index contributed by atoms with van der Waals surface area (Å²) in [7, 11) is -4.20. The van der Waals surface area contributed by atoms with Gasteiger partial charge in [-0.2, -0.15) is 5.10 Å². The van der Waals surface area contributed by atoms with E-state index < -0.39 is 32.1 Å². The summed E-state index contributed by atoms with van der Waals surface area (Å²) in [4.78, 5) is 15.2. The number of hydrogen-bond donors (Lipinski definition) is 1. The van der Waals surface area contributed by atoms with Crippen LogP contribution in [0.5, 0.6) is 0 Å². The van der Waals surface area contributed by atoms with Crippen molar-refractivity contribution in [2.45, 2.75) is 11.4 Å². The minimum absolute atomic E-state index is 0.0696. The molecule has 1 N–H and O–H groups in total. The lowest BCUT2D eigenvalue weighted by atomic mass is 10.2. The van der Waals surface area contributed by atoms with Gasteiger partial charge in [0.2, 0.25) is 10.0 Å². The summed E-state index contributed by atoms with van der Waals surface area (Å²) in [5.74, 6) is -2.08. The Balaban J connectivity index is 1.74. The standard InChI is InChI=1S/C17H14F2N4O3S/c18-13-1-3-16(14(19)11-13)27(25,26)21-9-10-23-17(24)4-2-15(22-23)12-5-7-20-8-6-12/h1-8,11,21H,9-10H2. The lowest BCUT2D eigenvalue weighted by Gasteiger charge is -2.09. The first-order chi connectivity index (χ1) is 12.9. The third-order valence-electron chi connectivity index (χ3n) is 3.64. The Kier molecular flexibility index (Phi) is 5.38. The van der Waals surface area contributed by atoms with Gasteiger partial charge in [0, 0.05) is 36.6 Å². The van der Waals surface area contributed by atoms with Crippen molar-refractivity contribution in [3.63, 3.8) is 0 Å². The molecule has 3 aromatic rings. The van der Waals surface area contributed by atoms with Gasteiger partial charge in [-0.15, -0.1) is 0 Å². The van der Waals surface area contributed by atoms with Gasteiger partial charge in [0.15, 0.2) is 0 Å². The number of hydrogen-bond acceptors (Lipinski definition) is 5. The third kappa shape index (κ3) is 4.41. The van der Waals surface area contributed by atoms with Crippen molar-refractivity contribution >= 4 is 10.0 Å². The third-order valence-corrected chi connectivity index (χ3v) is 5.14. The Morgan fingerprint density at radius 3 is 2.48 bits per heavy atom. The van der Waals surface area contributed by atoms with E-state index in [4.69, 9.17) is 0 Å². The van der Waals surface area contributed by atoms with E-state index in [0.717, 1.165) is 22.4 Å². The van der Waals surface area contributed by atoms with Crippen LogP contribution in [0, 0.1) is 11.6 Å². The van der Waals surface area contributed by atoms with Gasteiger partial charge in [-0.1, -0.05) is 0 Å². The van der Waals surface area contributed by atoms with Crippen LogP contribution >= 0.6 is 0 Å². The Morgan fingerprint density at radius 2 is 1.78 bits per heavy atom. The molecule has 0 spiro atoms. The number of pyridine rings is 1. The second kappa shape index (κ2) is 7.72. The van der Waals surface area contributed by atoms with E-state index in [2.05, 4.69) is 14.8 Å². The van der Waals surface area contributed by atoms with Gasteiger partial charge < -0.3 is 0 Å². The van der Waals surface area contributed by atoms with E-state index in [1.165, 1.54) is 6.07 Å². The zero-order valence-electron chi connectivity index (χ0n) is 13.8. The summed E-state index contributed by atoms with van der Waals surface area (Å²) in [6, 6.07) is 8.47. The average Bonchev–Trinajstić information content (AvgIpc) is 2.63. The molecule has 0 aliphatic heterocycles. The number of aromatic nitrogens is 3. The SMILES string of the molecule is O=c1ccc(-c2ccncc2)nn1CCNS(=O)(=O)c1ccc(F)cc1F. The van der Waals surface area contributed by atoms with Gasteiger partial charge in [-0.25, -0.2) is 26.6 Å². The monoisotopic (exact) mass is 392 g/mol. The first-order valence-electron chi connectivity index (χ1n) is 7.80. The van der Waals surface area contributed by atoms with Crippen molar-refractivity contribution in [1.29, 1.82) is 0 Å². The molecule has 140 valence electrons. The average molecular weight is 392 g/mol. The Morgan fingerprint density at radius 1 is 1.04 bits per heavy atom. The van der Waals surface area contributed by atoms with Crippen LogP contribution in [-0.2, 0) is 16.6 Å². The van der Waals surface area contributed by atoms with Crippen LogP contribution in [0.15, 0.2) is 64.5 Å². The van der Waals surface area contributed by atoms with Crippen LogP contribution in [0.25, 0.3) is 11.3 Å². The Labute approximate surface area is 153 Å². The summed E-state index contributed by atoms with van der Waals surface area (Å²) < 4.78 is 54.1. The van der Waals surface area contributed by atoms with Gasteiger partial charge in [0.1, 0.15) is 16.5 Å². The number of benzene rings is 1. The molecule has 1 aromatic carbocycles. The fourth-order valence-corrected chi connectivity index (χ4v) is 3.42. The predicted molar refractivity (Wildman–Crippen MR) is 93.3 cm³/mol. The first kappa shape index (κ1) is 18.8. The summed E-state index contributed by atoms with van der Waals surface area (Å²) >= 11 is 0. The van der Waals surface area contributed by atoms with Gasteiger partial charge in [-0.05, 0) is 30.3 Å². The highest BCUT2D eigenvalue weighted by molar-refractivity contribution is 7.89. The van der Waals surface area contributed by atoms with Gasteiger partial charge in [0.25, 0.3) is 5.56 Å². The van der Waals surface area contributed by atoms with E-state index in [0.29, 0.717) is 11.8 Å². The summed E-state index contributed by atoms with van der Waals surface area (Å²) in [5, 5.41) is 4.18. The predicted octanol–water partition coefficient (Wildman–Crippen LogP) is 1.56. The number of nitrogens with one attached hydrogen (secondary N) is 1. The van der Waals surface area contributed by atoms with Crippen molar-refractivity contribution in [1.82, 2.24) is 19.5 Å². The van der Waals surface area contributed by atoms with Crippen LogP contribution in [-0.4, -0.2) is 29.7 Å². The van der Waals surface area contributed by atoms with Crippen molar-refractivity contribution < 1.29 is 17.2 Å². The molecule has 0 aliphatic carbocycles. The molecule has 27 heavy (non-hydrogen) atoms. The zero-order chi connectivity index (χ0) is 19.4. The van der Waals surface area contributed by atoms with Crippen LogP contribution in [0.1, 0.15) is 0 Å². The second-order valence-corrected chi connectivity index (χ2v) is 7.22. The van der Waals surface area contributed by atoms with E-state index in [9.17, 15) is 22.0 Å². The number of rotatable bonds is 6. The van der Waals surface area contributed by atoms with Crippen LogP contribution in [0.3, 0.4) is 0 Å². The minimum Gasteiger partial charge on any atom is -0.268 e. The normalized spacial score (nSPS) is 11.5. The molecule has 0 atom stereocenters. The number of halogens is 2. The highest BCUT2D eigenvalue weighted by atomic mass is 32.2. The topological polar surface area (TPSA) is 93.9 Å². The van der Waals surface area contributed by atoms with Crippen molar-refractivity contribution in [2.24, 2.45) is 0 Å². The molecule has 0 fully saturated rings. The summed E-state index contributed by atoms with van der Waals surface area (Å²) in [5.41, 5.74) is 0.845. The van der Waals surface area contributed by atoms with Gasteiger partial charge in [-0.3, -0.25) is 9.78 Å². The molecular formula is C17H14F2N4O3S. The number of nitrogens with zero attached hydrogens (tertiary/aromatic N) is 3. The highest BCUT2D eigenvalue weighted by Crippen LogP contribution is 2.15. The van der Waals surface area contributed by atoms with E-state index in [1.54, 1.807) is 30.6 Å². The summed E-state index contributed by atoms with van der Waals surface area (Å²) in [6.45, 7) is -0.272.